The van der Waals surface area contributed by atoms with Crippen LogP contribution in [0.1, 0.15) is 131 Å². The van der Waals surface area contributed by atoms with Crippen molar-refractivity contribution < 1.29 is 0 Å². The average molecular weight is 569 g/mol. The summed E-state index contributed by atoms with van der Waals surface area (Å²) in [6.45, 7) is 13.8. The van der Waals surface area contributed by atoms with Gasteiger partial charge in [0.15, 0.2) is 0 Å². The van der Waals surface area contributed by atoms with Crippen molar-refractivity contribution >= 4 is 19.8 Å². The van der Waals surface area contributed by atoms with Crippen molar-refractivity contribution in [2.24, 2.45) is 65.1 Å². The second-order valence-electron chi connectivity index (χ2n) is 16.8. The predicted molar refractivity (Wildman–Crippen MR) is 174 cm³/mol. The lowest BCUT2D eigenvalue weighted by Crippen LogP contribution is -2.52. The third kappa shape index (κ3) is 4.38. The van der Waals surface area contributed by atoms with Crippen LogP contribution in [0, 0.1) is 65.1 Å². The average Bonchev–Trinajstić information content (AvgIpc) is 3.59. The molecule has 0 nitrogen and oxygen atoms in total. The van der Waals surface area contributed by atoms with Gasteiger partial charge in [0.1, 0.15) is 0 Å². The Morgan fingerprint density at radius 2 is 1.15 bits per heavy atom. The molecule has 1 saturated heterocycles. The van der Waals surface area contributed by atoms with E-state index >= 15 is 0 Å². The Balaban J connectivity index is 1.21. The number of fused-ring (bicyclic) bond motifs is 5. The van der Waals surface area contributed by atoms with Crippen LogP contribution in [0.2, 0.25) is 23.2 Å². The molecule has 7 fully saturated rings. The van der Waals surface area contributed by atoms with E-state index in [1.165, 1.54) is 6.42 Å². The van der Waals surface area contributed by atoms with E-state index in [4.69, 9.17) is 0 Å². The van der Waals surface area contributed by atoms with Crippen molar-refractivity contribution in [2.45, 2.75) is 165 Å². The summed E-state index contributed by atoms with van der Waals surface area (Å²) in [4.78, 5) is 0. The first-order valence-corrected chi connectivity index (χ1v) is 22.2. The maximum atomic E-state index is 2.81. The quantitative estimate of drug-likeness (QED) is 0.297. The molecule has 0 bridgehead atoms. The van der Waals surface area contributed by atoms with Crippen LogP contribution in [0.4, 0.5) is 0 Å². The Kier molecular flexibility index (Phi) is 8.17. The first-order valence-electron chi connectivity index (χ1n) is 18.7. The number of rotatable bonds is 5. The van der Waals surface area contributed by atoms with Gasteiger partial charge in [-0.1, -0.05) is 104 Å². The van der Waals surface area contributed by atoms with E-state index in [9.17, 15) is 0 Å². The Morgan fingerprint density at radius 3 is 1.92 bits per heavy atom. The molecule has 6 aliphatic carbocycles. The van der Waals surface area contributed by atoms with Crippen LogP contribution >= 0.6 is 11.8 Å². The lowest BCUT2D eigenvalue weighted by molar-refractivity contribution is 0.0126. The van der Waals surface area contributed by atoms with Gasteiger partial charge in [-0.3, -0.25) is 0 Å². The number of hydrogen-bond acceptors (Lipinski definition) is 1. The van der Waals surface area contributed by atoms with Crippen LogP contribution in [-0.2, 0) is 0 Å². The Hall–Kier alpha value is 0.567. The van der Waals surface area contributed by atoms with Gasteiger partial charge in [0.2, 0.25) is 0 Å². The fraction of sp³-hybridized carbons (Fsp3) is 1.00. The zero-order valence-electron chi connectivity index (χ0n) is 26.6. The molecule has 7 rings (SSSR count). The fourth-order valence-corrected chi connectivity index (χ4v) is 25.0. The van der Waals surface area contributed by atoms with Crippen molar-refractivity contribution in [3.05, 3.63) is 0 Å². The summed E-state index contributed by atoms with van der Waals surface area (Å²) in [5.41, 5.74) is 2.29. The monoisotopic (exact) mass is 568 g/mol. The molecule has 0 radical (unpaired) electrons. The first kappa shape index (κ1) is 28.3. The van der Waals surface area contributed by atoms with Crippen LogP contribution < -0.4 is 0 Å². The summed E-state index contributed by atoms with van der Waals surface area (Å²) in [7, 11) is -1.44. The molecule has 39 heavy (non-hydrogen) atoms. The van der Waals surface area contributed by atoms with Gasteiger partial charge in [-0.25, -0.2) is 0 Å². The number of thioether (sulfide) groups is 1. The van der Waals surface area contributed by atoms with Crippen molar-refractivity contribution in [2.75, 3.05) is 0 Å². The normalized spacial score (nSPS) is 53.6. The molecule has 0 N–H and O–H groups in total. The summed E-state index contributed by atoms with van der Waals surface area (Å²) in [6, 6.07) is 3.21. The maximum Gasteiger partial charge on any atom is 0.0604 e. The van der Waals surface area contributed by atoms with Crippen molar-refractivity contribution in [1.82, 2.24) is 0 Å². The Morgan fingerprint density at radius 1 is 0.564 bits per heavy atom. The SMILES string of the molecule is CC[Si](CC)(C1C(C)CC2C(C3CCCC4CCCCC43)CCCC21)C1C(C)C(C)C2SC3CCCCC3C21. The molecule has 222 valence electrons. The van der Waals surface area contributed by atoms with Gasteiger partial charge < -0.3 is 0 Å². The van der Waals surface area contributed by atoms with Gasteiger partial charge in [-0.2, -0.15) is 11.8 Å². The van der Waals surface area contributed by atoms with E-state index in [-0.39, 0.29) is 0 Å². The molecular weight excluding hydrogens is 505 g/mol. The molecule has 1 heterocycles. The minimum Gasteiger partial charge on any atom is -0.154 e. The molecule has 2 heteroatoms. The van der Waals surface area contributed by atoms with Crippen LogP contribution in [0.25, 0.3) is 0 Å². The molecule has 0 aromatic heterocycles. The molecule has 6 saturated carbocycles. The highest BCUT2D eigenvalue weighted by Crippen LogP contribution is 2.71. The minimum absolute atomic E-state index is 0.970. The molecule has 0 amide bonds. The van der Waals surface area contributed by atoms with Gasteiger partial charge in [0, 0.05) is 10.5 Å². The zero-order chi connectivity index (χ0) is 26.9. The molecule has 15 atom stereocenters. The summed E-state index contributed by atoms with van der Waals surface area (Å²) in [6.07, 6.45) is 23.7. The zero-order valence-corrected chi connectivity index (χ0v) is 28.4. The molecule has 7 aliphatic rings. The van der Waals surface area contributed by atoms with Gasteiger partial charge in [0.25, 0.3) is 0 Å². The Bertz CT molecular complexity index is 846. The topological polar surface area (TPSA) is 0 Å². The molecule has 1 aliphatic heterocycles. The second kappa shape index (κ2) is 11.2. The van der Waals surface area contributed by atoms with E-state index in [1.807, 2.05) is 0 Å². The maximum absolute atomic E-state index is 2.81. The standard InChI is InChI=1S/C37H64SSi/c1-6-39(7-2,37-25(5)24(4)35-34(37)31-17-10-11-21-33(31)38-35)36-23(3)22-32-29(19-13-20-30(32)36)28-18-12-15-26-14-8-9-16-27(26)28/h23-37H,6-22H2,1-5H3. The van der Waals surface area contributed by atoms with Crippen LogP contribution in [0.5, 0.6) is 0 Å². The van der Waals surface area contributed by atoms with E-state index in [0.29, 0.717) is 0 Å². The number of hydrogen-bond donors (Lipinski definition) is 0. The van der Waals surface area contributed by atoms with E-state index in [1.54, 1.807) is 102 Å². The van der Waals surface area contributed by atoms with Crippen LogP contribution in [0.3, 0.4) is 0 Å². The predicted octanol–water partition coefficient (Wildman–Crippen LogP) is 11.5. The highest BCUT2D eigenvalue weighted by molar-refractivity contribution is 8.00. The molecule has 0 aromatic rings. The molecular formula is C37H64SSi. The lowest BCUT2D eigenvalue weighted by atomic mass is 9.57. The summed E-state index contributed by atoms with van der Waals surface area (Å²) in [5, 5.41) is 2.05. The minimum atomic E-state index is -1.44. The van der Waals surface area contributed by atoms with Gasteiger partial charge in [-0.15, -0.1) is 0 Å². The summed E-state index contributed by atoms with van der Waals surface area (Å²) < 4.78 is 0. The smallest absolute Gasteiger partial charge is 0.0604 e. The third-order valence-electron chi connectivity index (χ3n) is 16.0. The van der Waals surface area contributed by atoms with E-state index in [0.717, 1.165) is 86.7 Å². The van der Waals surface area contributed by atoms with E-state index in [2.05, 4.69) is 46.4 Å². The fourth-order valence-electron chi connectivity index (χ4n) is 14.7. The highest BCUT2D eigenvalue weighted by Gasteiger charge is 2.66. The van der Waals surface area contributed by atoms with E-state index < -0.39 is 8.07 Å². The van der Waals surface area contributed by atoms with Gasteiger partial charge in [-0.05, 0) is 115 Å². The van der Waals surface area contributed by atoms with Gasteiger partial charge >= 0.3 is 0 Å². The van der Waals surface area contributed by atoms with Crippen molar-refractivity contribution in [3.8, 4) is 0 Å². The Labute approximate surface area is 248 Å². The van der Waals surface area contributed by atoms with Gasteiger partial charge in [0.05, 0.1) is 8.07 Å². The molecule has 15 unspecified atom stereocenters. The highest BCUT2D eigenvalue weighted by atomic mass is 32.2. The van der Waals surface area contributed by atoms with Crippen molar-refractivity contribution in [3.63, 3.8) is 0 Å². The summed E-state index contributed by atoms with van der Waals surface area (Å²) in [5.74, 6) is 11.9. The second-order valence-corrected chi connectivity index (χ2v) is 23.4. The lowest BCUT2D eigenvalue weighted by Gasteiger charge is -2.53. The van der Waals surface area contributed by atoms with Crippen LogP contribution in [-0.4, -0.2) is 18.6 Å². The molecule has 0 spiro atoms. The third-order valence-corrected chi connectivity index (χ3v) is 25.2. The van der Waals surface area contributed by atoms with Crippen molar-refractivity contribution in [1.29, 1.82) is 0 Å². The summed E-state index contributed by atoms with van der Waals surface area (Å²) >= 11 is 2.54. The molecule has 0 aromatic carbocycles. The van der Waals surface area contributed by atoms with Crippen LogP contribution in [0.15, 0.2) is 0 Å². The first-order chi connectivity index (χ1) is 19.0. The largest absolute Gasteiger partial charge is 0.154 e.